The maximum Gasteiger partial charge on any atom is 0.195 e. The SMILES string of the molecule is CC(=O)c1ccc(C2=C(c3ccccc3)N3C=CC=CC3(C)C2=O)cc1. The molecular weight excluding hydrogens is 322 g/mol. The zero-order valence-corrected chi connectivity index (χ0v) is 14.8. The molecule has 0 aromatic heterocycles. The van der Waals surface area contributed by atoms with Gasteiger partial charge in [-0.1, -0.05) is 66.7 Å². The van der Waals surface area contributed by atoms with Crippen LogP contribution in [0.3, 0.4) is 0 Å². The molecule has 2 aliphatic heterocycles. The van der Waals surface area contributed by atoms with Gasteiger partial charge in [-0.3, -0.25) is 9.59 Å². The highest BCUT2D eigenvalue weighted by Gasteiger charge is 2.48. The number of hydrogen-bond donors (Lipinski definition) is 0. The molecule has 0 fully saturated rings. The molecule has 0 saturated heterocycles. The molecule has 2 aliphatic rings. The van der Waals surface area contributed by atoms with Gasteiger partial charge in [0.15, 0.2) is 11.6 Å². The lowest BCUT2D eigenvalue weighted by Crippen LogP contribution is -2.43. The second-order valence-electron chi connectivity index (χ2n) is 6.77. The highest BCUT2D eigenvalue weighted by atomic mass is 16.1. The number of rotatable bonds is 3. The number of fused-ring (bicyclic) bond motifs is 1. The summed E-state index contributed by atoms with van der Waals surface area (Å²) >= 11 is 0. The summed E-state index contributed by atoms with van der Waals surface area (Å²) in [6, 6.07) is 17.2. The molecule has 0 spiro atoms. The van der Waals surface area contributed by atoms with Crippen molar-refractivity contribution in [1.82, 2.24) is 4.90 Å². The summed E-state index contributed by atoms with van der Waals surface area (Å²) in [4.78, 5) is 27.0. The Bertz CT molecular complexity index is 981. The first-order valence-corrected chi connectivity index (χ1v) is 8.63. The van der Waals surface area contributed by atoms with E-state index in [1.165, 1.54) is 0 Å². The molecule has 3 nitrogen and oxygen atoms in total. The van der Waals surface area contributed by atoms with Crippen molar-refractivity contribution in [1.29, 1.82) is 0 Å². The van der Waals surface area contributed by atoms with E-state index in [1.54, 1.807) is 19.1 Å². The fourth-order valence-electron chi connectivity index (χ4n) is 3.61. The maximum absolute atomic E-state index is 13.4. The van der Waals surface area contributed by atoms with E-state index in [4.69, 9.17) is 0 Å². The highest BCUT2D eigenvalue weighted by molar-refractivity contribution is 6.35. The molecule has 0 N–H and O–H groups in total. The molecule has 3 heteroatoms. The molecule has 0 saturated carbocycles. The summed E-state index contributed by atoms with van der Waals surface area (Å²) in [5.41, 5.74) is 3.32. The number of Topliss-reactive ketones (excluding diaryl/α,β-unsaturated/α-hetero) is 2. The van der Waals surface area contributed by atoms with Gasteiger partial charge in [-0.25, -0.2) is 0 Å². The highest BCUT2D eigenvalue weighted by Crippen LogP contribution is 2.45. The van der Waals surface area contributed by atoms with Crippen LogP contribution in [0, 0.1) is 0 Å². The third-order valence-corrected chi connectivity index (χ3v) is 5.06. The Morgan fingerprint density at radius 3 is 2.27 bits per heavy atom. The Hall–Kier alpha value is -3.20. The molecule has 4 rings (SSSR count). The summed E-state index contributed by atoms with van der Waals surface area (Å²) in [5, 5.41) is 0. The summed E-state index contributed by atoms with van der Waals surface area (Å²) in [6.45, 7) is 3.48. The van der Waals surface area contributed by atoms with Crippen molar-refractivity contribution in [3.63, 3.8) is 0 Å². The Morgan fingerprint density at radius 2 is 1.62 bits per heavy atom. The van der Waals surface area contributed by atoms with Gasteiger partial charge >= 0.3 is 0 Å². The minimum absolute atomic E-state index is 0.0156. The maximum atomic E-state index is 13.4. The van der Waals surface area contributed by atoms with Gasteiger partial charge in [-0.05, 0) is 31.1 Å². The van der Waals surface area contributed by atoms with Crippen molar-refractivity contribution in [3.8, 4) is 0 Å². The first-order valence-electron chi connectivity index (χ1n) is 8.63. The summed E-state index contributed by atoms with van der Waals surface area (Å²) in [6.07, 6.45) is 7.75. The Balaban J connectivity index is 1.94. The fourth-order valence-corrected chi connectivity index (χ4v) is 3.61. The van der Waals surface area contributed by atoms with Crippen molar-refractivity contribution in [2.75, 3.05) is 0 Å². The van der Waals surface area contributed by atoms with Crippen LogP contribution in [-0.2, 0) is 4.79 Å². The van der Waals surface area contributed by atoms with Gasteiger partial charge in [0.25, 0.3) is 0 Å². The van der Waals surface area contributed by atoms with Crippen LogP contribution in [0.2, 0.25) is 0 Å². The van der Waals surface area contributed by atoms with E-state index in [2.05, 4.69) is 0 Å². The topological polar surface area (TPSA) is 37.4 Å². The van der Waals surface area contributed by atoms with Gasteiger partial charge in [0.05, 0.1) is 11.3 Å². The van der Waals surface area contributed by atoms with Crippen LogP contribution in [0.1, 0.15) is 35.3 Å². The van der Waals surface area contributed by atoms with E-state index >= 15 is 0 Å². The third-order valence-electron chi connectivity index (χ3n) is 5.06. The Morgan fingerprint density at radius 1 is 0.923 bits per heavy atom. The summed E-state index contributed by atoms with van der Waals surface area (Å²) < 4.78 is 0. The minimum Gasteiger partial charge on any atom is -0.330 e. The number of ketones is 2. The van der Waals surface area contributed by atoms with Crippen LogP contribution >= 0.6 is 0 Å². The van der Waals surface area contributed by atoms with Gasteiger partial charge in [-0.15, -0.1) is 0 Å². The smallest absolute Gasteiger partial charge is 0.195 e. The quantitative estimate of drug-likeness (QED) is 0.772. The van der Waals surface area contributed by atoms with Crippen molar-refractivity contribution in [3.05, 3.63) is 95.7 Å². The summed E-state index contributed by atoms with van der Waals surface area (Å²) in [5.74, 6) is 0.0781. The zero-order valence-electron chi connectivity index (χ0n) is 14.8. The normalized spacial score (nSPS) is 21.3. The number of allylic oxidation sites excluding steroid dienone is 2. The standard InChI is InChI=1S/C23H19NO2/c1-16(25)17-10-12-18(13-11-17)20-21(19-8-4-3-5-9-19)24-15-7-6-14-23(24,2)22(20)26/h3-15H,1-2H3. The predicted molar refractivity (Wildman–Crippen MR) is 103 cm³/mol. The van der Waals surface area contributed by atoms with Crippen LogP contribution < -0.4 is 0 Å². The lowest BCUT2D eigenvalue weighted by Gasteiger charge is -2.34. The van der Waals surface area contributed by atoms with E-state index in [1.807, 2.05) is 78.7 Å². The Labute approximate surface area is 153 Å². The first-order chi connectivity index (χ1) is 12.5. The molecular formula is C23H19NO2. The number of carbonyl (C=O) groups excluding carboxylic acids is 2. The van der Waals surface area contributed by atoms with Gasteiger partial charge < -0.3 is 4.90 Å². The number of hydrogen-bond acceptors (Lipinski definition) is 3. The van der Waals surface area contributed by atoms with Crippen LogP contribution in [0.5, 0.6) is 0 Å². The first kappa shape index (κ1) is 16.3. The van der Waals surface area contributed by atoms with Crippen molar-refractivity contribution in [2.45, 2.75) is 19.4 Å². The molecule has 128 valence electrons. The van der Waals surface area contributed by atoms with Crippen LogP contribution in [0.4, 0.5) is 0 Å². The lowest BCUT2D eigenvalue weighted by molar-refractivity contribution is -0.118. The van der Waals surface area contributed by atoms with Crippen LogP contribution in [0.15, 0.2) is 79.0 Å². The molecule has 0 amide bonds. The average Bonchev–Trinajstić information content (AvgIpc) is 2.90. The lowest BCUT2D eigenvalue weighted by atomic mass is 9.89. The van der Waals surface area contributed by atoms with Gasteiger partial charge in [0.2, 0.25) is 0 Å². The fraction of sp³-hybridized carbons (Fsp3) is 0.130. The molecule has 0 aliphatic carbocycles. The van der Waals surface area contributed by atoms with Gasteiger partial charge in [-0.2, -0.15) is 0 Å². The number of nitrogens with zero attached hydrogens (tertiary/aromatic N) is 1. The molecule has 1 unspecified atom stereocenters. The molecule has 2 heterocycles. The Kier molecular flexibility index (Phi) is 3.73. The van der Waals surface area contributed by atoms with Crippen LogP contribution in [0.25, 0.3) is 11.3 Å². The third kappa shape index (κ3) is 2.36. The van der Waals surface area contributed by atoms with Crippen molar-refractivity contribution < 1.29 is 9.59 Å². The number of carbonyl (C=O) groups is 2. The van der Waals surface area contributed by atoms with E-state index in [-0.39, 0.29) is 11.6 Å². The predicted octanol–water partition coefficient (Wildman–Crippen LogP) is 4.48. The van der Waals surface area contributed by atoms with Gasteiger partial charge in [0, 0.05) is 11.8 Å². The molecule has 2 aromatic carbocycles. The molecule has 0 bridgehead atoms. The second-order valence-corrected chi connectivity index (χ2v) is 6.77. The van der Waals surface area contributed by atoms with Crippen molar-refractivity contribution in [2.24, 2.45) is 0 Å². The molecule has 1 atom stereocenters. The largest absolute Gasteiger partial charge is 0.330 e. The average molecular weight is 341 g/mol. The number of benzene rings is 2. The van der Waals surface area contributed by atoms with Crippen LogP contribution in [-0.4, -0.2) is 22.0 Å². The molecule has 26 heavy (non-hydrogen) atoms. The molecule has 0 radical (unpaired) electrons. The zero-order chi connectivity index (χ0) is 18.3. The van der Waals surface area contributed by atoms with E-state index in [0.717, 1.165) is 16.8 Å². The second kappa shape index (κ2) is 5.95. The van der Waals surface area contributed by atoms with E-state index < -0.39 is 5.54 Å². The summed E-state index contributed by atoms with van der Waals surface area (Å²) in [7, 11) is 0. The molecule has 2 aromatic rings. The van der Waals surface area contributed by atoms with Crippen molar-refractivity contribution >= 4 is 22.8 Å². The van der Waals surface area contributed by atoms with E-state index in [9.17, 15) is 9.59 Å². The minimum atomic E-state index is -0.728. The van der Waals surface area contributed by atoms with Gasteiger partial charge in [0.1, 0.15) is 5.54 Å². The van der Waals surface area contributed by atoms with E-state index in [0.29, 0.717) is 11.1 Å². The monoisotopic (exact) mass is 341 g/mol.